The van der Waals surface area contributed by atoms with E-state index in [4.69, 9.17) is 0 Å². The average Bonchev–Trinajstić information content (AvgIpc) is 2.91. The average molecular weight is 309 g/mol. The largest absolute Gasteiger partial charge is 0.353 e. The minimum atomic E-state index is -0.104. The number of likely N-dealkylation sites (N-methyl/N-ethyl adjacent to an activating group) is 1. The SMILES string of the molecule is CC(=O)N(C)CC(=O)NC[C@@H](C)N1CCc2sccc2C1. The first-order chi connectivity index (χ1) is 9.97. The maximum Gasteiger partial charge on any atom is 0.239 e. The fourth-order valence-corrected chi connectivity index (χ4v) is 3.31. The van der Waals surface area contributed by atoms with Crippen molar-refractivity contribution in [3.05, 3.63) is 21.9 Å². The van der Waals surface area contributed by atoms with Gasteiger partial charge in [-0.15, -0.1) is 11.3 Å². The van der Waals surface area contributed by atoms with Crippen LogP contribution in [0.3, 0.4) is 0 Å². The van der Waals surface area contributed by atoms with Crippen molar-refractivity contribution in [3.63, 3.8) is 0 Å². The molecule has 6 heteroatoms. The Hall–Kier alpha value is -1.40. The summed E-state index contributed by atoms with van der Waals surface area (Å²) in [5.41, 5.74) is 1.42. The highest BCUT2D eigenvalue weighted by Gasteiger charge is 2.21. The summed E-state index contributed by atoms with van der Waals surface area (Å²) in [6, 6.07) is 2.49. The minimum absolute atomic E-state index is 0.0979. The number of carbonyl (C=O) groups excluding carboxylic acids is 2. The Morgan fingerprint density at radius 1 is 1.52 bits per heavy atom. The Balaban J connectivity index is 1.76. The molecule has 1 N–H and O–H groups in total. The third-order valence-corrected chi connectivity index (χ3v) is 5.00. The molecule has 2 heterocycles. The van der Waals surface area contributed by atoms with E-state index < -0.39 is 0 Å². The van der Waals surface area contributed by atoms with Crippen LogP contribution in [-0.2, 0) is 22.6 Å². The van der Waals surface area contributed by atoms with Crippen LogP contribution >= 0.6 is 11.3 Å². The molecule has 0 bridgehead atoms. The third kappa shape index (κ3) is 4.28. The molecule has 0 aromatic carbocycles. The molecule has 0 aliphatic carbocycles. The molecule has 5 nitrogen and oxygen atoms in total. The molecule has 1 aromatic heterocycles. The van der Waals surface area contributed by atoms with Crippen LogP contribution in [0.2, 0.25) is 0 Å². The van der Waals surface area contributed by atoms with Gasteiger partial charge < -0.3 is 10.2 Å². The fourth-order valence-electron chi connectivity index (χ4n) is 2.42. The molecule has 0 saturated carbocycles. The molecule has 2 rings (SSSR count). The van der Waals surface area contributed by atoms with Crippen LogP contribution in [0.4, 0.5) is 0 Å². The molecule has 0 unspecified atom stereocenters. The Morgan fingerprint density at radius 3 is 3.00 bits per heavy atom. The normalized spacial score (nSPS) is 16.1. The second-order valence-electron chi connectivity index (χ2n) is 5.62. The zero-order chi connectivity index (χ0) is 15.4. The van der Waals surface area contributed by atoms with Gasteiger partial charge in [0.2, 0.25) is 11.8 Å². The van der Waals surface area contributed by atoms with E-state index in [2.05, 4.69) is 28.6 Å². The highest BCUT2D eigenvalue weighted by atomic mass is 32.1. The monoisotopic (exact) mass is 309 g/mol. The van der Waals surface area contributed by atoms with Crippen LogP contribution < -0.4 is 5.32 Å². The maximum atomic E-state index is 11.8. The number of rotatable bonds is 5. The van der Waals surface area contributed by atoms with Crippen LogP contribution in [0, 0.1) is 0 Å². The minimum Gasteiger partial charge on any atom is -0.353 e. The predicted octanol–water partition coefficient (Wildman–Crippen LogP) is 1.09. The van der Waals surface area contributed by atoms with Crippen LogP contribution in [0.5, 0.6) is 0 Å². The van der Waals surface area contributed by atoms with E-state index in [1.807, 2.05) is 11.3 Å². The molecule has 1 atom stereocenters. The van der Waals surface area contributed by atoms with E-state index in [1.54, 1.807) is 7.05 Å². The Kier molecular flexibility index (Phi) is 5.36. The van der Waals surface area contributed by atoms with Crippen LogP contribution in [0.1, 0.15) is 24.3 Å². The van der Waals surface area contributed by atoms with Gasteiger partial charge in [-0.3, -0.25) is 14.5 Å². The maximum absolute atomic E-state index is 11.8. The number of fused-ring (bicyclic) bond motifs is 1. The molecule has 0 spiro atoms. The van der Waals surface area contributed by atoms with Gasteiger partial charge in [-0.2, -0.15) is 0 Å². The summed E-state index contributed by atoms with van der Waals surface area (Å²) in [5.74, 6) is -0.202. The molecule has 0 fully saturated rings. The summed E-state index contributed by atoms with van der Waals surface area (Å²) in [4.78, 5) is 28.2. The molecule has 1 aliphatic rings. The lowest BCUT2D eigenvalue weighted by atomic mass is 10.1. The lowest BCUT2D eigenvalue weighted by Gasteiger charge is -2.32. The van der Waals surface area contributed by atoms with Crippen LogP contribution in [0.15, 0.2) is 11.4 Å². The molecule has 116 valence electrons. The van der Waals surface area contributed by atoms with E-state index >= 15 is 0 Å². The van der Waals surface area contributed by atoms with Gasteiger partial charge >= 0.3 is 0 Å². The van der Waals surface area contributed by atoms with Crippen molar-refractivity contribution in [1.29, 1.82) is 0 Å². The topological polar surface area (TPSA) is 52.7 Å². The molecular weight excluding hydrogens is 286 g/mol. The lowest BCUT2D eigenvalue weighted by Crippen LogP contribution is -2.46. The third-order valence-electron chi connectivity index (χ3n) is 3.97. The first-order valence-corrected chi connectivity index (χ1v) is 8.13. The summed E-state index contributed by atoms with van der Waals surface area (Å²) in [5, 5.41) is 5.06. The van der Waals surface area contributed by atoms with Crippen molar-refractivity contribution in [3.8, 4) is 0 Å². The molecule has 1 aromatic rings. The molecule has 2 amide bonds. The van der Waals surface area contributed by atoms with Gasteiger partial charge in [-0.1, -0.05) is 0 Å². The highest BCUT2D eigenvalue weighted by molar-refractivity contribution is 7.10. The van der Waals surface area contributed by atoms with Crippen molar-refractivity contribution < 1.29 is 9.59 Å². The summed E-state index contributed by atoms with van der Waals surface area (Å²) in [6.07, 6.45) is 1.10. The van der Waals surface area contributed by atoms with Gasteiger partial charge in [0, 0.05) is 44.5 Å². The second kappa shape index (κ2) is 7.04. The lowest BCUT2D eigenvalue weighted by molar-refractivity contribution is -0.133. The zero-order valence-electron chi connectivity index (χ0n) is 12.9. The quantitative estimate of drug-likeness (QED) is 0.886. The number of thiophene rings is 1. The van der Waals surface area contributed by atoms with E-state index in [9.17, 15) is 9.59 Å². The zero-order valence-corrected chi connectivity index (χ0v) is 13.7. The van der Waals surface area contributed by atoms with Crippen molar-refractivity contribution in [1.82, 2.24) is 15.1 Å². The standard InChI is InChI=1S/C15H23N3O2S/c1-11(8-16-15(20)10-17(3)12(2)19)18-6-4-14-13(9-18)5-7-21-14/h5,7,11H,4,6,8-10H2,1-3H3,(H,16,20)/t11-/m1/s1. The molecule has 21 heavy (non-hydrogen) atoms. The fraction of sp³-hybridized carbons (Fsp3) is 0.600. The number of hydrogen-bond donors (Lipinski definition) is 1. The van der Waals surface area contributed by atoms with Gasteiger partial charge in [-0.25, -0.2) is 0 Å². The van der Waals surface area contributed by atoms with Crippen molar-refractivity contribution >= 4 is 23.2 Å². The molecule has 0 radical (unpaired) electrons. The van der Waals surface area contributed by atoms with Gasteiger partial charge in [0.1, 0.15) is 0 Å². The number of hydrogen-bond acceptors (Lipinski definition) is 4. The molecular formula is C15H23N3O2S. The molecule has 1 aliphatic heterocycles. The summed E-state index contributed by atoms with van der Waals surface area (Å²) >= 11 is 1.83. The van der Waals surface area contributed by atoms with Crippen LogP contribution in [-0.4, -0.2) is 54.3 Å². The number of amides is 2. The van der Waals surface area contributed by atoms with E-state index in [1.165, 1.54) is 22.3 Å². The Bertz CT molecular complexity index is 515. The highest BCUT2D eigenvalue weighted by Crippen LogP contribution is 2.24. The Morgan fingerprint density at radius 2 is 2.29 bits per heavy atom. The first kappa shape index (κ1) is 16.0. The smallest absolute Gasteiger partial charge is 0.239 e. The number of nitrogens with one attached hydrogen (secondary N) is 1. The van der Waals surface area contributed by atoms with Crippen molar-refractivity contribution in [2.75, 3.05) is 26.7 Å². The molecule has 0 saturated heterocycles. The number of nitrogens with zero attached hydrogens (tertiary/aromatic N) is 2. The van der Waals surface area contributed by atoms with Gasteiger partial charge in [0.15, 0.2) is 0 Å². The van der Waals surface area contributed by atoms with E-state index in [0.717, 1.165) is 19.5 Å². The van der Waals surface area contributed by atoms with Crippen molar-refractivity contribution in [2.45, 2.75) is 32.9 Å². The predicted molar refractivity (Wildman–Crippen MR) is 84.2 cm³/mol. The number of carbonyl (C=O) groups is 2. The van der Waals surface area contributed by atoms with E-state index in [-0.39, 0.29) is 18.4 Å². The Labute approximate surface area is 129 Å². The van der Waals surface area contributed by atoms with Crippen molar-refractivity contribution in [2.24, 2.45) is 0 Å². The summed E-state index contributed by atoms with van der Waals surface area (Å²) in [6.45, 7) is 6.33. The summed E-state index contributed by atoms with van der Waals surface area (Å²) in [7, 11) is 1.63. The summed E-state index contributed by atoms with van der Waals surface area (Å²) < 4.78 is 0. The van der Waals surface area contributed by atoms with Gasteiger partial charge in [0.25, 0.3) is 0 Å². The first-order valence-electron chi connectivity index (χ1n) is 7.25. The van der Waals surface area contributed by atoms with E-state index in [0.29, 0.717) is 12.6 Å². The van der Waals surface area contributed by atoms with Gasteiger partial charge in [0.05, 0.1) is 6.54 Å². The van der Waals surface area contributed by atoms with Gasteiger partial charge in [-0.05, 0) is 30.4 Å². The second-order valence-corrected chi connectivity index (χ2v) is 6.62. The van der Waals surface area contributed by atoms with Crippen LogP contribution in [0.25, 0.3) is 0 Å².